The summed E-state index contributed by atoms with van der Waals surface area (Å²) in [5, 5.41) is 4.85. The fourth-order valence-electron chi connectivity index (χ4n) is 4.89. The van der Waals surface area contributed by atoms with E-state index >= 15 is 0 Å². The summed E-state index contributed by atoms with van der Waals surface area (Å²) in [5.74, 6) is 0.679. The van der Waals surface area contributed by atoms with Gasteiger partial charge < -0.3 is 10.1 Å². The number of methoxy groups -OCH3 is 1. The van der Waals surface area contributed by atoms with Crippen LogP contribution in [0.25, 0.3) is 0 Å². The van der Waals surface area contributed by atoms with E-state index in [1.165, 1.54) is 23.4 Å². The van der Waals surface area contributed by atoms with Gasteiger partial charge in [-0.15, -0.1) is 0 Å². The van der Waals surface area contributed by atoms with Crippen LogP contribution in [0, 0.1) is 5.82 Å². The summed E-state index contributed by atoms with van der Waals surface area (Å²) in [6, 6.07) is 5.67. The number of nitrogens with one attached hydrogen (secondary N) is 1. The number of pyridine rings is 1. The second-order valence-electron chi connectivity index (χ2n) is 9.26. The van der Waals surface area contributed by atoms with E-state index in [-0.39, 0.29) is 23.7 Å². The highest BCUT2D eigenvalue weighted by molar-refractivity contribution is 6.89. The molecule has 2 aromatic rings. The lowest BCUT2D eigenvalue weighted by Crippen LogP contribution is -2.40. The Morgan fingerprint density at radius 1 is 1.28 bits per heavy atom. The molecule has 29 heavy (non-hydrogen) atoms. The Morgan fingerprint density at radius 3 is 2.79 bits per heavy atom. The number of carbonyl (C=O) groups excluding carboxylic acids is 1. The van der Waals surface area contributed by atoms with E-state index in [2.05, 4.69) is 36.0 Å². The van der Waals surface area contributed by atoms with E-state index in [1.54, 1.807) is 6.07 Å². The molecule has 0 aliphatic heterocycles. The Balaban J connectivity index is 1.57. The second-order valence-corrected chi connectivity index (χ2v) is 14.3. The van der Waals surface area contributed by atoms with Gasteiger partial charge in [0.15, 0.2) is 0 Å². The van der Waals surface area contributed by atoms with Gasteiger partial charge in [-0.3, -0.25) is 4.79 Å². The third-order valence-electron chi connectivity index (χ3n) is 6.33. The molecule has 0 bridgehead atoms. The minimum Gasteiger partial charge on any atom is -0.469 e. The van der Waals surface area contributed by atoms with Gasteiger partial charge in [0.25, 0.3) is 0 Å². The molecule has 1 aromatic heterocycles. The molecule has 1 aromatic carbocycles. The highest BCUT2D eigenvalue weighted by Crippen LogP contribution is 2.39. The maximum atomic E-state index is 14.7. The van der Waals surface area contributed by atoms with Crippen molar-refractivity contribution in [3.05, 3.63) is 52.5 Å². The van der Waals surface area contributed by atoms with Gasteiger partial charge in [-0.25, -0.2) is 9.37 Å². The van der Waals surface area contributed by atoms with Crippen LogP contribution in [-0.2, 0) is 22.4 Å². The van der Waals surface area contributed by atoms with Crippen molar-refractivity contribution in [2.45, 2.75) is 63.7 Å². The largest absolute Gasteiger partial charge is 0.469 e. The first-order valence-electron chi connectivity index (χ1n) is 10.4. The average Bonchev–Trinajstić information content (AvgIpc) is 3.26. The minimum atomic E-state index is -1.52. The van der Waals surface area contributed by atoms with Crippen molar-refractivity contribution in [2.24, 2.45) is 0 Å². The number of carbonyl (C=O) groups is 1. The predicted octanol–water partition coefficient (Wildman–Crippen LogP) is 4.46. The van der Waals surface area contributed by atoms with Crippen molar-refractivity contribution in [1.29, 1.82) is 0 Å². The lowest BCUT2D eigenvalue weighted by molar-refractivity contribution is -0.141. The van der Waals surface area contributed by atoms with Crippen LogP contribution in [0.15, 0.2) is 24.4 Å². The van der Waals surface area contributed by atoms with E-state index in [0.29, 0.717) is 6.42 Å². The zero-order valence-electron chi connectivity index (χ0n) is 17.6. The Morgan fingerprint density at radius 2 is 2.07 bits per heavy atom. The van der Waals surface area contributed by atoms with E-state index in [0.717, 1.165) is 42.6 Å². The van der Waals surface area contributed by atoms with Gasteiger partial charge in [-0.05, 0) is 60.4 Å². The molecule has 1 heterocycles. The van der Waals surface area contributed by atoms with Crippen LogP contribution in [0.2, 0.25) is 19.6 Å². The van der Waals surface area contributed by atoms with E-state index in [1.807, 2.05) is 12.3 Å². The number of esters is 1. The molecule has 154 valence electrons. The highest BCUT2D eigenvalue weighted by Gasteiger charge is 2.32. The van der Waals surface area contributed by atoms with Crippen LogP contribution in [0.3, 0.4) is 0 Å². The molecule has 0 saturated carbocycles. The lowest BCUT2D eigenvalue weighted by atomic mass is 9.99. The first kappa shape index (κ1) is 20.1. The highest BCUT2D eigenvalue weighted by atomic mass is 28.3. The summed E-state index contributed by atoms with van der Waals surface area (Å²) >= 11 is 0. The van der Waals surface area contributed by atoms with Crippen LogP contribution in [-0.4, -0.2) is 26.1 Å². The van der Waals surface area contributed by atoms with Crippen molar-refractivity contribution < 1.29 is 13.9 Å². The third-order valence-corrected chi connectivity index (χ3v) is 8.42. The van der Waals surface area contributed by atoms with Gasteiger partial charge in [0, 0.05) is 11.8 Å². The maximum absolute atomic E-state index is 14.7. The summed E-state index contributed by atoms with van der Waals surface area (Å²) in [4.78, 5) is 16.2. The number of benzene rings is 1. The standard InChI is InChI=1S/C23H29FN2O2Si/c1-28-22(27)12-15-6-5-14-11-21(25-13-17(14)15)26-19-9-7-16-20(29(2,3)4)10-8-18(24)23(16)19/h8,10-11,13,15,19H,5-7,9,12H2,1-4H3,(H,25,26)/t15?,19-/m1/s1. The molecule has 6 heteroatoms. The van der Waals surface area contributed by atoms with Crippen molar-refractivity contribution in [1.82, 2.24) is 4.98 Å². The summed E-state index contributed by atoms with van der Waals surface area (Å²) in [6.07, 6.45) is 5.95. The van der Waals surface area contributed by atoms with Crippen molar-refractivity contribution in [3.63, 3.8) is 0 Å². The zero-order valence-corrected chi connectivity index (χ0v) is 18.6. The molecule has 2 aliphatic carbocycles. The maximum Gasteiger partial charge on any atom is 0.306 e. The summed E-state index contributed by atoms with van der Waals surface area (Å²) in [6.45, 7) is 6.94. The summed E-state index contributed by atoms with van der Waals surface area (Å²) in [5.41, 5.74) is 4.41. The molecule has 0 radical (unpaired) electrons. The number of nitrogens with zero attached hydrogens (tertiary/aromatic N) is 1. The fraction of sp³-hybridized carbons (Fsp3) is 0.478. The van der Waals surface area contributed by atoms with Crippen molar-refractivity contribution >= 4 is 25.0 Å². The molecule has 1 unspecified atom stereocenters. The van der Waals surface area contributed by atoms with E-state index < -0.39 is 8.07 Å². The van der Waals surface area contributed by atoms with Gasteiger partial charge in [-0.2, -0.15) is 0 Å². The Kier molecular flexibility index (Phi) is 5.23. The number of fused-ring (bicyclic) bond motifs is 2. The third kappa shape index (κ3) is 3.82. The minimum absolute atomic E-state index is 0.0425. The first-order valence-corrected chi connectivity index (χ1v) is 13.9. The quantitative estimate of drug-likeness (QED) is 0.582. The SMILES string of the molecule is COC(=O)CC1CCc2cc(N[C@@H]3CCc4c([Si](C)(C)C)ccc(F)c43)ncc21. The summed E-state index contributed by atoms with van der Waals surface area (Å²) < 4.78 is 19.6. The number of rotatable bonds is 5. The zero-order chi connectivity index (χ0) is 20.8. The number of aryl methyl sites for hydroxylation is 1. The van der Waals surface area contributed by atoms with Crippen LogP contribution < -0.4 is 10.5 Å². The molecular formula is C23H29FN2O2Si. The molecule has 1 N–H and O–H groups in total. The number of hydrogen-bond acceptors (Lipinski definition) is 4. The van der Waals surface area contributed by atoms with E-state index in [4.69, 9.17) is 4.74 Å². The normalized spacial score (nSPS) is 20.3. The van der Waals surface area contributed by atoms with Crippen molar-refractivity contribution in [3.8, 4) is 0 Å². The Bertz CT molecular complexity index is 955. The van der Waals surface area contributed by atoms with Gasteiger partial charge in [0.05, 0.1) is 27.6 Å². The molecule has 2 aliphatic rings. The summed E-state index contributed by atoms with van der Waals surface area (Å²) in [7, 11) is -0.0949. The molecule has 0 spiro atoms. The molecule has 0 fully saturated rings. The van der Waals surface area contributed by atoms with Crippen LogP contribution in [0.5, 0.6) is 0 Å². The van der Waals surface area contributed by atoms with Gasteiger partial charge in [0.2, 0.25) is 0 Å². The smallest absolute Gasteiger partial charge is 0.306 e. The molecule has 4 nitrogen and oxygen atoms in total. The van der Waals surface area contributed by atoms with Gasteiger partial charge in [-0.1, -0.05) is 30.9 Å². The Hall–Kier alpha value is -2.21. The number of halogens is 1. The van der Waals surface area contributed by atoms with Gasteiger partial charge in [0.1, 0.15) is 11.6 Å². The molecule has 0 saturated heterocycles. The molecule has 0 amide bonds. The molecule has 2 atom stereocenters. The average molecular weight is 413 g/mol. The van der Waals surface area contributed by atoms with Crippen LogP contribution in [0.4, 0.5) is 10.2 Å². The number of aromatic nitrogens is 1. The molecular weight excluding hydrogens is 383 g/mol. The predicted molar refractivity (Wildman–Crippen MR) is 116 cm³/mol. The van der Waals surface area contributed by atoms with Crippen LogP contribution in [0.1, 0.15) is 53.5 Å². The number of ether oxygens (including phenoxy) is 1. The topological polar surface area (TPSA) is 51.2 Å². The van der Waals surface area contributed by atoms with E-state index in [9.17, 15) is 9.18 Å². The number of anilines is 1. The first-order chi connectivity index (χ1) is 13.8. The lowest BCUT2D eigenvalue weighted by Gasteiger charge is -2.22. The molecule has 4 rings (SSSR count). The monoisotopic (exact) mass is 412 g/mol. The second kappa shape index (κ2) is 7.56. The fourth-order valence-corrected chi connectivity index (χ4v) is 6.64. The van der Waals surface area contributed by atoms with Crippen LogP contribution >= 0.6 is 0 Å². The number of hydrogen-bond donors (Lipinski definition) is 1. The van der Waals surface area contributed by atoms with Crippen molar-refractivity contribution in [2.75, 3.05) is 12.4 Å². The van der Waals surface area contributed by atoms with Gasteiger partial charge >= 0.3 is 5.97 Å². The Labute approximate surface area is 172 Å².